The van der Waals surface area contributed by atoms with Crippen LogP contribution in [0.5, 0.6) is 0 Å². The van der Waals surface area contributed by atoms with E-state index in [0.717, 1.165) is 19.4 Å². The van der Waals surface area contributed by atoms with Crippen molar-refractivity contribution in [2.45, 2.75) is 45.2 Å². The van der Waals surface area contributed by atoms with Crippen molar-refractivity contribution in [3.05, 3.63) is 0 Å². The number of amides is 1. The van der Waals surface area contributed by atoms with Gasteiger partial charge in [-0.05, 0) is 33.6 Å². The fraction of sp³-hybridized carbons (Fsp3) is 0.909. The Morgan fingerprint density at radius 3 is 2.73 bits per heavy atom. The second kappa shape index (κ2) is 4.94. The van der Waals surface area contributed by atoms with E-state index < -0.39 is 0 Å². The molecule has 1 aliphatic rings. The number of carbonyl (C=O) groups is 1. The van der Waals surface area contributed by atoms with Gasteiger partial charge in [0.05, 0.1) is 12.5 Å². The Balaban J connectivity index is 2.47. The lowest BCUT2D eigenvalue weighted by Crippen LogP contribution is -2.56. The molecular weight excluding hydrogens is 192 g/mol. The highest BCUT2D eigenvalue weighted by molar-refractivity contribution is 5.79. The topological polar surface area (TPSA) is 64.3 Å². The Kier molecular flexibility index (Phi) is 4.11. The van der Waals surface area contributed by atoms with E-state index in [1.807, 2.05) is 20.8 Å². The number of nitrogens with two attached hydrogens (primary N) is 1. The van der Waals surface area contributed by atoms with Gasteiger partial charge in [-0.2, -0.15) is 0 Å². The highest BCUT2D eigenvalue weighted by Crippen LogP contribution is 2.16. The minimum absolute atomic E-state index is 0.00299. The summed E-state index contributed by atoms with van der Waals surface area (Å²) in [5, 5.41) is 2.98. The predicted octanol–water partition coefficient (Wildman–Crippen LogP) is 0.655. The molecule has 1 fully saturated rings. The van der Waals surface area contributed by atoms with Gasteiger partial charge in [0.15, 0.2) is 0 Å². The van der Waals surface area contributed by atoms with Gasteiger partial charge in [-0.1, -0.05) is 0 Å². The Morgan fingerprint density at radius 1 is 1.60 bits per heavy atom. The molecule has 0 aliphatic carbocycles. The van der Waals surface area contributed by atoms with Gasteiger partial charge in [0.25, 0.3) is 0 Å². The molecule has 1 saturated heterocycles. The first-order chi connectivity index (χ1) is 6.93. The zero-order chi connectivity index (χ0) is 11.5. The molecule has 4 heteroatoms. The van der Waals surface area contributed by atoms with Crippen LogP contribution in [0, 0.1) is 5.92 Å². The van der Waals surface area contributed by atoms with Gasteiger partial charge in [0.1, 0.15) is 0 Å². The average Bonchev–Trinajstić information content (AvgIpc) is 2.18. The van der Waals surface area contributed by atoms with Crippen LogP contribution in [-0.2, 0) is 9.53 Å². The van der Waals surface area contributed by atoms with Crippen molar-refractivity contribution in [2.24, 2.45) is 11.7 Å². The highest BCUT2D eigenvalue weighted by atomic mass is 16.5. The summed E-state index contributed by atoms with van der Waals surface area (Å²) in [4.78, 5) is 11.9. The molecule has 1 heterocycles. The summed E-state index contributed by atoms with van der Waals surface area (Å²) in [5.74, 6) is 0.0637. The predicted molar refractivity (Wildman–Crippen MR) is 59.4 cm³/mol. The fourth-order valence-electron chi connectivity index (χ4n) is 1.48. The third-order valence-electron chi connectivity index (χ3n) is 3.11. The first-order valence-electron chi connectivity index (χ1n) is 5.59. The minimum atomic E-state index is -0.353. The van der Waals surface area contributed by atoms with Crippen molar-refractivity contribution in [1.82, 2.24) is 5.32 Å². The molecule has 0 saturated carbocycles. The second-order valence-electron chi connectivity index (χ2n) is 4.91. The van der Waals surface area contributed by atoms with E-state index in [9.17, 15) is 4.79 Å². The maximum atomic E-state index is 11.9. The van der Waals surface area contributed by atoms with Gasteiger partial charge < -0.3 is 15.8 Å². The molecule has 88 valence electrons. The molecule has 2 unspecified atom stereocenters. The second-order valence-corrected chi connectivity index (χ2v) is 4.91. The molecule has 0 radical (unpaired) electrons. The monoisotopic (exact) mass is 214 g/mol. The standard InChI is InChI=1S/C11H22N2O2/c1-8(12)11(2,3)13-10(14)9-5-4-6-15-7-9/h8-9H,4-7,12H2,1-3H3,(H,13,14). The van der Waals surface area contributed by atoms with Crippen LogP contribution < -0.4 is 11.1 Å². The van der Waals surface area contributed by atoms with Crippen LogP contribution >= 0.6 is 0 Å². The lowest BCUT2D eigenvalue weighted by Gasteiger charge is -2.33. The first kappa shape index (κ1) is 12.5. The zero-order valence-corrected chi connectivity index (χ0v) is 9.88. The third-order valence-corrected chi connectivity index (χ3v) is 3.11. The van der Waals surface area contributed by atoms with Crippen molar-refractivity contribution in [3.8, 4) is 0 Å². The summed E-state index contributed by atoms with van der Waals surface area (Å²) < 4.78 is 5.29. The number of hydrogen-bond acceptors (Lipinski definition) is 3. The van der Waals surface area contributed by atoms with Crippen molar-refractivity contribution >= 4 is 5.91 Å². The lowest BCUT2D eigenvalue weighted by molar-refractivity contribution is -0.130. The molecule has 1 amide bonds. The molecule has 0 aromatic carbocycles. The number of ether oxygens (including phenoxy) is 1. The molecule has 0 aromatic heterocycles. The third kappa shape index (κ3) is 3.47. The van der Waals surface area contributed by atoms with E-state index in [0.29, 0.717) is 6.61 Å². The Hall–Kier alpha value is -0.610. The Morgan fingerprint density at radius 2 is 2.27 bits per heavy atom. The van der Waals surface area contributed by atoms with Crippen LogP contribution in [-0.4, -0.2) is 30.7 Å². The molecule has 4 nitrogen and oxygen atoms in total. The molecule has 2 atom stereocenters. The Bertz CT molecular complexity index is 221. The van der Waals surface area contributed by atoms with Crippen LogP contribution in [0.25, 0.3) is 0 Å². The van der Waals surface area contributed by atoms with E-state index in [2.05, 4.69) is 5.32 Å². The molecule has 3 N–H and O–H groups in total. The SMILES string of the molecule is CC(N)C(C)(C)NC(=O)C1CCCOC1. The van der Waals surface area contributed by atoms with Crippen LogP contribution in [0.4, 0.5) is 0 Å². The van der Waals surface area contributed by atoms with Gasteiger partial charge in [-0.3, -0.25) is 4.79 Å². The van der Waals surface area contributed by atoms with Crippen molar-refractivity contribution in [1.29, 1.82) is 0 Å². The average molecular weight is 214 g/mol. The number of carbonyl (C=O) groups excluding carboxylic acids is 1. The first-order valence-corrected chi connectivity index (χ1v) is 5.59. The minimum Gasteiger partial charge on any atom is -0.381 e. The van der Waals surface area contributed by atoms with Gasteiger partial charge >= 0.3 is 0 Å². The number of rotatable bonds is 3. The molecule has 0 bridgehead atoms. The molecular formula is C11H22N2O2. The maximum Gasteiger partial charge on any atom is 0.225 e. The van der Waals surface area contributed by atoms with Crippen LogP contribution in [0.2, 0.25) is 0 Å². The molecule has 1 aliphatic heterocycles. The molecule has 0 spiro atoms. The van der Waals surface area contributed by atoms with E-state index in [-0.39, 0.29) is 23.4 Å². The maximum absolute atomic E-state index is 11.9. The largest absolute Gasteiger partial charge is 0.381 e. The normalized spacial score (nSPS) is 24.7. The van der Waals surface area contributed by atoms with Gasteiger partial charge in [0.2, 0.25) is 5.91 Å². The Labute approximate surface area is 91.5 Å². The van der Waals surface area contributed by atoms with E-state index in [1.165, 1.54) is 0 Å². The lowest BCUT2D eigenvalue weighted by atomic mass is 9.94. The summed E-state index contributed by atoms with van der Waals surface area (Å²) in [6, 6.07) is -0.0639. The van der Waals surface area contributed by atoms with E-state index in [1.54, 1.807) is 0 Å². The summed E-state index contributed by atoms with van der Waals surface area (Å²) in [7, 11) is 0. The van der Waals surface area contributed by atoms with Crippen molar-refractivity contribution < 1.29 is 9.53 Å². The van der Waals surface area contributed by atoms with Gasteiger partial charge in [-0.25, -0.2) is 0 Å². The summed E-state index contributed by atoms with van der Waals surface area (Å²) in [6.07, 6.45) is 1.89. The molecule has 1 rings (SSSR count). The van der Waals surface area contributed by atoms with Crippen molar-refractivity contribution in [3.63, 3.8) is 0 Å². The number of hydrogen-bond donors (Lipinski definition) is 2. The summed E-state index contributed by atoms with van der Waals surface area (Å²) in [6.45, 7) is 7.11. The van der Waals surface area contributed by atoms with Crippen LogP contribution in [0.3, 0.4) is 0 Å². The number of nitrogens with one attached hydrogen (secondary N) is 1. The highest BCUT2D eigenvalue weighted by Gasteiger charge is 2.29. The fourth-order valence-corrected chi connectivity index (χ4v) is 1.48. The smallest absolute Gasteiger partial charge is 0.225 e. The molecule has 15 heavy (non-hydrogen) atoms. The summed E-state index contributed by atoms with van der Waals surface area (Å²) in [5.41, 5.74) is 5.45. The van der Waals surface area contributed by atoms with Crippen LogP contribution in [0.15, 0.2) is 0 Å². The van der Waals surface area contributed by atoms with Gasteiger partial charge in [0, 0.05) is 18.2 Å². The van der Waals surface area contributed by atoms with E-state index in [4.69, 9.17) is 10.5 Å². The van der Waals surface area contributed by atoms with E-state index >= 15 is 0 Å². The zero-order valence-electron chi connectivity index (χ0n) is 9.88. The molecule has 0 aromatic rings. The van der Waals surface area contributed by atoms with Crippen LogP contribution in [0.1, 0.15) is 33.6 Å². The quantitative estimate of drug-likeness (QED) is 0.725. The van der Waals surface area contributed by atoms with Gasteiger partial charge in [-0.15, -0.1) is 0 Å². The summed E-state index contributed by atoms with van der Waals surface area (Å²) >= 11 is 0. The van der Waals surface area contributed by atoms with Crippen molar-refractivity contribution in [2.75, 3.05) is 13.2 Å².